The minimum atomic E-state index is -0.184. The Balaban J connectivity index is 1.71. The maximum atomic E-state index is 12.0. The lowest BCUT2D eigenvalue weighted by molar-refractivity contribution is 0.0849. The van der Waals surface area contributed by atoms with Crippen molar-refractivity contribution in [3.05, 3.63) is 11.6 Å². The Kier molecular flexibility index (Phi) is 5.68. The number of aliphatic hydroxyl groups is 1. The van der Waals surface area contributed by atoms with Gasteiger partial charge in [-0.05, 0) is 76.0 Å². The zero-order valence-electron chi connectivity index (χ0n) is 11.4. The summed E-state index contributed by atoms with van der Waals surface area (Å²) in [6.45, 7) is -0.184. The van der Waals surface area contributed by atoms with Gasteiger partial charge in [-0.1, -0.05) is 11.6 Å². The molecule has 2 fully saturated rings. The number of halogens is 1. The van der Waals surface area contributed by atoms with Crippen molar-refractivity contribution in [2.45, 2.75) is 70.3 Å². The van der Waals surface area contributed by atoms with Gasteiger partial charge in [0.2, 0.25) is 0 Å². The second kappa shape index (κ2) is 7.28. The summed E-state index contributed by atoms with van der Waals surface area (Å²) in [6, 6.07) is 0. The Morgan fingerprint density at radius 2 is 1.61 bits per heavy atom. The third kappa shape index (κ3) is 4.08. The molecule has 0 aromatic heterocycles. The SMILES string of the molecule is OC1CCC(C2CCC(=CCCCF)CC2)CC1. The molecule has 0 saturated heterocycles. The van der Waals surface area contributed by atoms with E-state index in [-0.39, 0.29) is 12.8 Å². The molecule has 2 aliphatic rings. The fourth-order valence-corrected chi connectivity index (χ4v) is 3.64. The summed E-state index contributed by atoms with van der Waals surface area (Å²) in [5.41, 5.74) is 1.57. The highest BCUT2D eigenvalue weighted by molar-refractivity contribution is 5.05. The van der Waals surface area contributed by atoms with E-state index in [4.69, 9.17) is 0 Å². The van der Waals surface area contributed by atoms with Crippen LogP contribution >= 0.6 is 0 Å². The normalized spacial score (nSPS) is 33.4. The molecule has 1 nitrogen and oxygen atoms in total. The Morgan fingerprint density at radius 1 is 1.00 bits per heavy atom. The molecule has 2 saturated carbocycles. The van der Waals surface area contributed by atoms with Crippen molar-refractivity contribution in [1.82, 2.24) is 0 Å². The molecule has 0 aromatic carbocycles. The molecular formula is C16H27FO. The number of hydrogen-bond donors (Lipinski definition) is 1. The van der Waals surface area contributed by atoms with Gasteiger partial charge in [0.1, 0.15) is 0 Å². The highest BCUT2D eigenvalue weighted by atomic mass is 19.1. The van der Waals surface area contributed by atoms with Crippen LogP contribution < -0.4 is 0 Å². The highest BCUT2D eigenvalue weighted by Crippen LogP contribution is 2.39. The molecular weight excluding hydrogens is 227 g/mol. The molecule has 0 spiro atoms. The molecule has 1 N–H and O–H groups in total. The van der Waals surface area contributed by atoms with Gasteiger partial charge in [-0.25, -0.2) is 0 Å². The van der Waals surface area contributed by atoms with Crippen molar-refractivity contribution >= 4 is 0 Å². The molecule has 104 valence electrons. The Hall–Kier alpha value is -0.370. The minimum absolute atomic E-state index is 0.0269. The second-order valence-corrected chi connectivity index (χ2v) is 6.10. The van der Waals surface area contributed by atoms with Gasteiger partial charge in [0.15, 0.2) is 0 Å². The average Bonchev–Trinajstić information content (AvgIpc) is 2.41. The zero-order chi connectivity index (χ0) is 12.8. The lowest BCUT2D eigenvalue weighted by Gasteiger charge is -2.35. The predicted molar refractivity (Wildman–Crippen MR) is 73.2 cm³/mol. The van der Waals surface area contributed by atoms with E-state index in [1.807, 2.05) is 0 Å². The van der Waals surface area contributed by atoms with Gasteiger partial charge in [-0.15, -0.1) is 0 Å². The van der Waals surface area contributed by atoms with Gasteiger partial charge in [0.05, 0.1) is 12.8 Å². The lowest BCUT2D eigenvalue weighted by atomic mass is 9.72. The van der Waals surface area contributed by atoms with Crippen molar-refractivity contribution in [3.63, 3.8) is 0 Å². The Bertz CT molecular complexity index is 256. The van der Waals surface area contributed by atoms with E-state index in [2.05, 4.69) is 6.08 Å². The predicted octanol–water partition coefficient (Wildman–Crippen LogP) is 4.40. The van der Waals surface area contributed by atoms with Crippen molar-refractivity contribution < 1.29 is 9.50 Å². The van der Waals surface area contributed by atoms with Crippen LogP contribution in [0.3, 0.4) is 0 Å². The van der Waals surface area contributed by atoms with E-state index < -0.39 is 0 Å². The lowest BCUT2D eigenvalue weighted by Crippen LogP contribution is -2.25. The number of allylic oxidation sites excluding steroid dienone is 2. The van der Waals surface area contributed by atoms with Crippen LogP contribution in [0.5, 0.6) is 0 Å². The Morgan fingerprint density at radius 3 is 2.22 bits per heavy atom. The fourth-order valence-electron chi connectivity index (χ4n) is 3.64. The first-order chi connectivity index (χ1) is 8.79. The van der Waals surface area contributed by atoms with Crippen LogP contribution in [0.2, 0.25) is 0 Å². The van der Waals surface area contributed by atoms with Gasteiger partial charge in [0, 0.05) is 0 Å². The molecule has 0 heterocycles. The quantitative estimate of drug-likeness (QED) is 0.582. The molecule has 0 unspecified atom stereocenters. The van der Waals surface area contributed by atoms with E-state index in [0.717, 1.165) is 31.1 Å². The highest BCUT2D eigenvalue weighted by Gasteiger charge is 2.28. The average molecular weight is 254 g/mol. The molecule has 2 rings (SSSR count). The van der Waals surface area contributed by atoms with Crippen LogP contribution in [0, 0.1) is 11.8 Å². The van der Waals surface area contributed by atoms with Crippen LogP contribution in [0.4, 0.5) is 4.39 Å². The van der Waals surface area contributed by atoms with Crippen LogP contribution in [-0.4, -0.2) is 17.9 Å². The summed E-state index contributed by atoms with van der Waals surface area (Å²) in [7, 11) is 0. The minimum Gasteiger partial charge on any atom is -0.393 e. The summed E-state index contributed by atoms with van der Waals surface area (Å²) in [5, 5.41) is 9.55. The molecule has 0 bridgehead atoms. The standard InChI is InChI=1S/C16H27FO/c17-12-2-1-3-13-4-6-14(7-5-13)15-8-10-16(18)11-9-15/h3,14-16,18H,1-2,4-12H2. The van der Waals surface area contributed by atoms with Gasteiger partial charge >= 0.3 is 0 Å². The van der Waals surface area contributed by atoms with Crippen molar-refractivity contribution in [1.29, 1.82) is 0 Å². The summed E-state index contributed by atoms with van der Waals surface area (Å²) in [4.78, 5) is 0. The third-order valence-electron chi connectivity index (χ3n) is 4.85. The van der Waals surface area contributed by atoms with E-state index in [0.29, 0.717) is 6.42 Å². The largest absolute Gasteiger partial charge is 0.393 e. The van der Waals surface area contributed by atoms with E-state index in [9.17, 15) is 9.50 Å². The number of rotatable bonds is 4. The second-order valence-electron chi connectivity index (χ2n) is 6.10. The van der Waals surface area contributed by atoms with Gasteiger partial charge in [0.25, 0.3) is 0 Å². The summed E-state index contributed by atoms with van der Waals surface area (Å²) in [5.74, 6) is 1.75. The van der Waals surface area contributed by atoms with E-state index in [1.165, 1.54) is 38.5 Å². The number of alkyl halides is 1. The van der Waals surface area contributed by atoms with Gasteiger partial charge < -0.3 is 5.11 Å². The Labute approximate surface area is 110 Å². The first-order valence-corrected chi connectivity index (χ1v) is 7.71. The molecule has 0 aliphatic heterocycles. The van der Waals surface area contributed by atoms with Gasteiger partial charge in [-0.3, -0.25) is 4.39 Å². The summed E-state index contributed by atoms with van der Waals surface area (Å²) < 4.78 is 12.0. The first kappa shape index (κ1) is 14.0. The number of unbranched alkanes of at least 4 members (excludes halogenated alkanes) is 1. The third-order valence-corrected chi connectivity index (χ3v) is 4.85. The maximum absolute atomic E-state index is 12.0. The first-order valence-electron chi connectivity index (χ1n) is 7.71. The maximum Gasteiger partial charge on any atom is 0.0897 e. The van der Waals surface area contributed by atoms with E-state index >= 15 is 0 Å². The van der Waals surface area contributed by atoms with Crippen LogP contribution in [0.1, 0.15) is 64.2 Å². The van der Waals surface area contributed by atoms with Crippen LogP contribution in [-0.2, 0) is 0 Å². The monoisotopic (exact) mass is 254 g/mol. The van der Waals surface area contributed by atoms with Crippen LogP contribution in [0.25, 0.3) is 0 Å². The molecule has 2 aliphatic carbocycles. The fraction of sp³-hybridized carbons (Fsp3) is 0.875. The smallest absolute Gasteiger partial charge is 0.0897 e. The number of aliphatic hydroxyl groups excluding tert-OH is 1. The topological polar surface area (TPSA) is 20.2 Å². The van der Waals surface area contributed by atoms with Crippen LogP contribution in [0.15, 0.2) is 11.6 Å². The van der Waals surface area contributed by atoms with Crippen molar-refractivity contribution in [2.75, 3.05) is 6.67 Å². The number of hydrogen-bond acceptors (Lipinski definition) is 1. The van der Waals surface area contributed by atoms with Crippen molar-refractivity contribution in [3.8, 4) is 0 Å². The molecule has 2 heteroatoms. The molecule has 0 aromatic rings. The molecule has 0 radical (unpaired) electrons. The molecule has 18 heavy (non-hydrogen) atoms. The zero-order valence-corrected chi connectivity index (χ0v) is 11.4. The van der Waals surface area contributed by atoms with Crippen molar-refractivity contribution in [2.24, 2.45) is 11.8 Å². The molecule has 0 amide bonds. The van der Waals surface area contributed by atoms with E-state index in [1.54, 1.807) is 5.57 Å². The molecule has 0 atom stereocenters. The van der Waals surface area contributed by atoms with Gasteiger partial charge in [-0.2, -0.15) is 0 Å². The summed E-state index contributed by atoms with van der Waals surface area (Å²) in [6.07, 6.45) is 13.5. The summed E-state index contributed by atoms with van der Waals surface area (Å²) >= 11 is 0.